The second-order valence-corrected chi connectivity index (χ2v) is 1.97. The Morgan fingerprint density at radius 2 is 2.08 bits per heavy atom. The highest BCUT2D eigenvalue weighted by atomic mass is 16.6. The predicted molar refractivity (Wildman–Crippen MR) is 39.2 cm³/mol. The molecule has 0 aliphatic carbocycles. The molecule has 0 rings (SSSR count). The number of aliphatic hydroxyl groups excluding tert-OH is 1. The van der Waals surface area contributed by atoms with Crippen molar-refractivity contribution in [2.45, 2.75) is 19.6 Å². The molecule has 0 aromatic rings. The van der Waals surface area contributed by atoms with Gasteiger partial charge in [-0.1, -0.05) is 6.92 Å². The minimum Gasteiger partial charge on any atom is -0.478 e. The Bertz CT molecular complexity index is 196. The van der Waals surface area contributed by atoms with Crippen LogP contribution in [0.15, 0.2) is 12.2 Å². The predicted octanol–water partition coefficient (Wildman–Crippen LogP) is -0.101. The molecule has 1 unspecified atom stereocenters. The summed E-state index contributed by atoms with van der Waals surface area (Å²) in [6, 6.07) is 0. The van der Waals surface area contributed by atoms with Gasteiger partial charge in [0.25, 0.3) is 0 Å². The van der Waals surface area contributed by atoms with E-state index in [-0.39, 0.29) is 6.42 Å². The van der Waals surface area contributed by atoms with E-state index in [0.29, 0.717) is 6.08 Å². The summed E-state index contributed by atoms with van der Waals surface area (Å²) in [5.41, 5.74) is 0. The van der Waals surface area contributed by atoms with Crippen LogP contribution in [0, 0.1) is 0 Å². The summed E-state index contributed by atoms with van der Waals surface area (Å²) in [6.07, 6.45) is 0.481. The number of aliphatic carboxylic acids is 1. The maximum atomic E-state index is 10.6. The highest BCUT2D eigenvalue weighted by Crippen LogP contribution is 1.93. The van der Waals surface area contributed by atoms with E-state index < -0.39 is 18.2 Å². The lowest BCUT2D eigenvalue weighted by atomic mass is 10.4. The van der Waals surface area contributed by atoms with Gasteiger partial charge in [-0.2, -0.15) is 0 Å². The lowest BCUT2D eigenvalue weighted by Gasteiger charge is -2.06. The van der Waals surface area contributed by atoms with Gasteiger partial charge in [0.1, 0.15) is 0 Å². The zero-order chi connectivity index (χ0) is 9.56. The van der Waals surface area contributed by atoms with Crippen LogP contribution < -0.4 is 0 Å². The Kier molecular flexibility index (Phi) is 4.71. The zero-order valence-electron chi connectivity index (χ0n) is 6.56. The molecule has 5 heteroatoms. The summed E-state index contributed by atoms with van der Waals surface area (Å²) >= 11 is 0. The van der Waals surface area contributed by atoms with Crippen LogP contribution in [0.25, 0.3) is 0 Å². The molecular formula is C7H10O5. The normalized spacial score (nSPS) is 12.8. The lowest BCUT2D eigenvalue weighted by Crippen LogP contribution is -2.14. The molecule has 0 radical (unpaired) electrons. The number of carboxylic acids is 1. The summed E-state index contributed by atoms with van der Waals surface area (Å²) in [5, 5.41) is 16.9. The monoisotopic (exact) mass is 174 g/mol. The van der Waals surface area contributed by atoms with Crippen LogP contribution in [-0.4, -0.2) is 28.4 Å². The fraction of sp³-hybridized carbons (Fsp3) is 0.429. The van der Waals surface area contributed by atoms with Gasteiger partial charge in [0.2, 0.25) is 6.29 Å². The van der Waals surface area contributed by atoms with Gasteiger partial charge < -0.3 is 14.9 Å². The molecule has 68 valence electrons. The number of hydrogen-bond donors (Lipinski definition) is 2. The Labute approximate surface area is 69.3 Å². The molecule has 0 aliphatic rings. The number of esters is 1. The van der Waals surface area contributed by atoms with Crippen molar-refractivity contribution in [1.29, 1.82) is 0 Å². The zero-order valence-corrected chi connectivity index (χ0v) is 6.56. The van der Waals surface area contributed by atoms with Crippen LogP contribution >= 0.6 is 0 Å². The van der Waals surface area contributed by atoms with E-state index >= 15 is 0 Å². The van der Waals surface area contributed by atoms with E-state index in [0.717, 1.165) is 6.08 Å². The fourth-order valence-electron chi connectivity index (χ4n) is 0.396. The molecule has 0 spiro atoms. The molecule has 12 heavy (non-hydrogen) atoms. The molecule has 0 saturated carbocycles. The first kappa shape index (κ1) is 10.6. The Morgan fingerprint density at radius 1 is 1.50 bits per heavy atom. The standard InChI is InChI=1S/C7H10O5/c1-2-6(10)12-7(11)4-3-5(8)9/h3-4,6,10H,2H2,1H3,(H,8,9). The van der Waals surface area contributed by atoms with Gasteiger partial charge in [0.05, 0.1) is 0 Å². The van der Waals surface area contributed by atoms with Crippen LogP contribution in [0.5, 0.6) is 0 Å². The SMILES string of the molecule is CCC(O)OC(=O)C=CC(=O)O. The van der Waals surface area contributed by atoms with E-state index in [1.165, 1.54) is 0 Å². The Balaban J connectivity index is 3.81. The first-order valence-corrected chi connectivity index (χ1v) is 3.36. The van der Waals surface area contributed by atoms with Crippen molar-refractivity contribution in [3.05, 3.63) is 12.2 Å². The fourth-order valence-corrected chi connectivity index (χ4v) is 0.396. The smallest absolute Gasteiger partial charge is 0.333 e. The summed E-state index contributed by atoms with van der Waals surface area (Å²) in [4.78, 5) is 20.5. The van der Waals surface area contributed by atoms with Crippen molar-refractivity contribution >= 4 is 11.9 Å². The summed E-state index contributed by atoms with van der Waals surface area (Å²) in [6.45, 7) is 1.62. The number of carboxylic acid groups (broad SMARTS) is 1. The summed E-state index contributed by atoms with van der Waals surface area (Å²) in [5.74, 6) is -2.11. The Hall–Kier alpha value is -1.36. The van der Waals surface area contributed by atoms with Crippen molar-refractivity contribution in [3.8, 4) is 0 Å². The highest BCUT2D eigenvalue weighted by molar-refractivity contribution is 5.90. The van der Waals surface area contributed by atoms with E-state index in [4.69, 9.17) is 10.2 Å². The van der Waals surface area contributed by atoms with E-state index in [2.05, 4.69) is 4.74 Å². The van der Waals surface area contributed by atoms with Crippen molar-refractivity contribution in [2.24, 2.45) is 0 Å². The molecule has 0 aromatic carbocycles. The molecular weight excluding hydrogens is 164 g/mol. The molecule has 5 nitrogen and oxygen atoms in total. The van der Waals surface area contributed by atoms with E-state index in [1.807, 2.05) is 0 Å². The topological polar surface area (TPSA) is 83.8 Å². The maximum absolute atomic E-state index is 10.6. The van der Waals surface area contributed by atoms with Gasteiger partial charge >= 0.3 is 11.9 Å². The molecule has 0 fully saturated rings. The molecule has 0 amide bonds. The summed E-state index contributed by atoms with van der Waals surface area (Å²) in [7, 11) is 0. The van der Waals surface area contributed by atoms with Gasteiger partial charge in [0.15, 0.2) is 0 Å². The number of rotatable bonds is 4. The van der Waals surface area contributed by atoms with Crippen molar-refractivity contribution in [1.82, 2.24) is 0 Å². The number of hydrogen-bond acceptors (Lipinski definition) is 4. The van der Waals surface area contributed by atoms with E-state index in [9.17, 15) is 9.59 Å². The number of ether oxygens (including phenoxy) is 1. The first-order chi connectivity index (χ1) is 5.56. The highest BCUT2D eigenvalue weighted by Gasteiger charge is 2.04. The van der Waals surface area contributed by atoms with Crippen LogP contribution in [0.4, 0.5) is 0 Å². The second-order valence-electron chi connectivity index (χ2n) is 1.97. The average molecular weight is 174 g/mol. The Morgan fingerprint density at radius 3 is 2.50 bits per heavy atom. The van der Waals surface area contributed by atoms with Gasteiger partial charge in [-0.25, -0.2) is 9.59 Å². The molecule has 2 N–H and O–H groups in total. The number of carbonyl (C=O) groups is 2. The van der Waals surface area contributed by atoms with Crippen molar-refractivity contribution in [2.75, 3.05) is 0 Å². The maximum Gasteiger partial charge on any atom is 0.333 e. The molecule has 0 saturated heterocycles. The van der Waals surface area contributed by atoms with Gasteiger partial charge in [-0.3, -0.25) is 0 Å². The van der Waals surface area contributed by atoms with Gasteiger partial charge in [0, 0.05) is 18.6 Å². The molecule has 0 aliphatic heterocycles. The first-order valence-electron chi connectivity index (χ1n) is 3.36. The molecule has 0 heterocycles. The van der Waals surface area contributed by atoms with Gasteiger partial charge in [-0.05, 0) is 0 Å². The van der Waals surface area contributed by atoms with Crippen LogP contribution in [0.3, 0.4) is 0 Å². The largest absolute Gasteiger partial charge is 0.478 e. The van der Waals surface area contributed by atoms with E-state index in [1.54, 1.807) is 6.92 Å². The number of carbonyl (C=O) groups excluding carboxylic acids is 1. The molecule has 1 atom stereocenters. The minimum absolute atomic E-state index is 0.270. The summed E-state index contributed by atoms with van der Waals surface area (Å²) < 4.78 is 4.32. The second kappa shape index (κ2) is 5.31. The third-order valence-electron chi connectivity index (χ3n) is 0.963. The van der Waals surface area contributed by atoms with Crippen LogP contribution in [0.1, 0.15) is 13.3 Å². The molecule has 0 bridgehead atoms. The third-order valence-corrected chi connectivity index (χ3v) is 0.963. The van der Waals surface area contributed by atoms with Crippen molar-refractivity contribution in [3.63, 3.8) is 0 Å². The quantitative estimate of drug-likeness (QED) is 0.353. The molecule has 0 aromatic heterocycles. The van der Waals surface area contributed by atoms with Gasteiger partial charge in [-0.15, -0.1) is 0 Å². The van der Waals surface area contributed by atoms with Crippen LogP contribution in [0.2, 0.25) is 0 Å². The average Bonchev–Trinajstić information content (AvgIpc) is 2.00. The lowest BCUT2D eigenvalue weighted by molar-refractivity contribution is -0.162. The van der Waals surface area contributed by atoms with Crippen LogP contribution in [-0.2, 0) is 14.3 Å². The third kappa shape index (κ3) is 5.43. The van der Waals surface area contributed by atoms with Crippen molar-refractivity contribution < 1.29 is 24.5 Å². The minimum atomic E-state index is -1.24. The number of aliphatic hydroxyl groups is 1.